The van der Waals surface area contributed by atoms with E-state index in [4.69, 9.17) is 4.74 Å². The normalized spacial score (nSPS) is 14.8. The van der Waals surface area contributed by atoms with Crippen molar-refractivity contribution in [3.63, 3.8) is 0 Å². The van der Waals surface area contributed by atoms with E-state index in [9.17, 15) is 22.7 Å². The molecule has 1 fully saturated rings. The Morgan fingerprint density at radius 3 is 2.68 bits per heavy atom. The lowest BCUT2D eigenvalue weighted by Crippen LogP contribution is -2.35. The van der Waals surface area contributed by atoms with Gasteiger partial charge in [-0.25, -0.2) is 22.5 Å². The van der Waals surface area contributed by atoms with Gasteiger partial charge in [0.2, 0.25) is 5.88 Å². The number of carbonyl (C=O) groups is 1. The number of benzene rings is 1. The molecule has 1 aromatic carbocycles. The van der Waals surface area contributed by atoms with Crippen LogP contribution in [0.2, 0.25) is 0 Å². The first-order chi connectivity index (χ1) is 16.1. The van der Waals surface area contributed by atoms with Crippen molar-refractivity contribution in [1.82, 2.24) is 19.5 Å². The first kappa shape index (κ1) is 23.8. The van der Waals surface area contributed by atoms with Crippen LogP contribution < -0.4 is 9.46 Å². The highest BCUT2D eigenvalue weighted by atomic mass is 32.2. The fraction of sp³-hybridized carbons (Fsp3) is 0.348. The summed E-state index contributed by atoms with van der Waals surface area (Å²) in [6.45, 7) is 3.56. The molecule has 0 bridgehead atoms. The Morgan fingerprint density at radius 1 is 1.29 bits per heavy atom. The van der Waals surface area contributed by atoms with Crippen LogP contribution in [0, 0.1) is 5.82 Å². The van der Waals surface area contributed by atoms with Crippen molar-refractivity contribution in [1.29, 1.82) is 0 Å². The number of ether oxygens (including phenoxy) is 1. The van der Waals surface area contributed by atoms with Gasteiger partial charge in [-0.15, -0.1) is 0 Å². The summed E-state index contributed by atoms with van der Waals surface area (Å²) in [7, 11) is -2.85. The standard InChI is InChI=1S/C23H25FN4O5S/c1-13(2)18-9-15(24)10-19(14-6-7-25-20(8-14)33-3)21(18)22(29)23(30)27-34(31,32)17-11-26-28(12-17)16-4-5-16/h6-13,16,22,29H,4-5H2,1-3H3,(H,27,30). The minimum Gasteiger partial charge on any atom is -0.481 e. The predicted octanol–water partition coefficient (Wildman–Crippen LogP) is 3.09. The first-order valence-corrected chi connectivity index (χ1v) is 12.2. The Labute approximate surface area is 196 Å². The monoisotopic (exact) mass is 488 g/mol. The lowest BCUT2D eigenvalue weighted by molar-refractivity contribution is -0.127. The number of nitrogens with zero attached hydrogens (tertiary/aromatic N) is 3. The zero-order valence-electron chi connectivity index (χ0n) is 18.9. The fourth-order valence-electron chi connectivity index (χ4n) is 3.73. The summed E-state index contributed by atoms with van der Waals surface area (Å²) >= 11 is 0. The molecule has 2 heterocycles. The lowest BCUT2D eigenvalue weighted by Gasteiger charge is -2.22. The van der Waals surface area contributed by atoms with Crippen LogP contribution in [0.3, 0.4) is 0 Å². The Morgan fingerprint density at radius 2 is 2.03 bits per heavy atom. The van der Waals surface area contributed by atoms with Crippen molar-refractivity contribution in [3.05, 3.63) is 59.8 Å². The van der Waals surface area contributed by atoms with Crippen LogP contribution in [-0.4, -0.2) is 41.3 Å². The maximum Gasteiger partial charge on any atom is 0.267 e. The first-order valence-electron chi connectivity index (χ1n) is 10.7. The molecule has 1 amide bonds. The number of amides is 1. The highest BCUT2D eigenvalue weighted by molar-refractivity contribution is 7.90. The largest absolute Gasteiger partial charge is 0.481 e. The van der Waals surface area contributed by atoms with E-state index in [1.54, 1.807) is 24.6 Å². The number of hydrogen-bond acceptors (Lipinski definition) is 7. The van der Waals surface area contributed by atoms with Crippen molar-refractivity contribution >= 4 is 15.9 Å². The summed E-state index contributed by atoms with van der Waals surface area (Å²) in [5.41, 5.74) is 1.15. The van der Waals surface area contributed by atoms with E-state index in [1.165, 1.54) is 37.7 Å². The summed E-state index contributed by atoms with van der Waals surface area (Å²) in [4.78, 5) is 16.8. The Balaban J connectivity index is 1.72. The summed E-state index contributed by atoms with van der Waals surface area (Å²) in [5, 5.41) is 15.1. The molecule has 0 radical (unpaired) electrons. The average molecular weight is 489 g/mol. The van der Waals surface area contributed by atoms with Gasteiger partial charge in [-0.05, 0) is 53.6 Å². The van der Waals surface area contributed by atoms with E-state index in [0.717, 1.165) is 19.0 Å². The number of aliphatic hydroxyl groups is 1. The Bertz CT molecular complexity index is 1330. The van der Waals surface area contributed by atoms with Crippen LogP contribution in [0.1, 0.15) is 55.9 Å². The van der Waals surface area contributed by atoms with Crippen LogP contribution in [0.25, 0.3) is 11.1 Å². The molecule has 4 rings (SSSR count). The van der Waals surface area contributed by atoms with Gasteiger partial charge in [0.25, 0.3) is 15.9 Å². The van der Waals surface area contributed by atoms with E-state index in [2.05, 4.69) is 10.1 Å². The van der Waals surface area contributed by atoms with Gasteiger partial charge in [0.1, 0.15) is 10.7 Å². The summed E-state index contributed by atoms with van der Waals surface area (Å²) in [5.74, 6) is -1.74. The van der Waals surface area contributed by atoms with Crippen LogP contribution in [-0.2, 0) is 14.8 Å². The molecule has 9 nitrogen and oxygen atoms in total. The SMILES string of the molecule is COc1cc(-c2cc(F)cc(C(C)C)c2C(O)C(=O)NS(=O)(=O)c2cnn(C3CC3)c2)ccn1. The second kappa shape index (κ2) is 9.15. The number of aliphatic hydroxyl groups excluding tert-OH is 1. The maximum absolute atomic E-state index is 14.5. The maximum atomic E-state index is 14.5. The lowest BCUT2D eigenvalue weighted by atomic mass is 9.87. The van der Waals surface area contributed by atoms with Gasteiger partial charge in [0.15, 0.2) is 6.10 Å². The van der Waals surface area contributed by atoms with Gasteiger partial charge in [0, 0.05) is 24.0 Å². The number of aromatic nitrogens is 3. The number of pyridine rings is 1. The summed E-state index contributed by atoms with van der Waals surface area (Å²) in [6.07, 6.45) is 3.90. The van der Waals surface area contributed by atoms with E-state index < -0.39 is 27.9 Å². The molecule has 1 aliphatic rings. The molecular formula is C23H25FN4O5S. The number of methoxy groups -OCH3 is 1. The number of rotatable bonds is 8. The van der Waals surface area contributed by atoms with Gasteiger partial charge >= 0.3 is 0 Å². The molecule has 0 spiro atoms. The highest BCUT2D eigenvalue weighted by Crippen LogP contribution is 2.37. The molecule has 180 valence electrons. The minimum atomic E-state index is -4.27. The van der Waals surface area contributed by atoms with Gasteiger partial charge in [-0.3, -0.25) is 9.48 Å². The summed E-state index contributed by atoms with van der Waals surface area (Å²) in [6, 6.07) is 5.69. The second-order valence-corrected chi connectivity index (χ2v) is 10.1. The number of carbonyl (C=O) groups excluding carboxylic acids is 1. The molecule has 2 aromatic heterocycles. The van der Waals surface area contributed by atoms with E-state index in [-0.39, 0.29) is 33.9 Å². The van der Waals surface area contributed by atoms with Crippen molar-refractivity contribution < 1.29 is 27.4 Å². The molecule has 11 heteroatoms. The molecule has 1 atom stereocenters. The van der Waals surface area contributed by atoms with Gasteiger partial charge < -0.3 is 9.84 Å². The molecular weight excluding hydrogens is 463 g/mol. The number of nitrogens with one attached hydrogen (secondary N) is 1. The van der Waals surface area contributed by atoms with Crippen molar-refractivity contribution in [2.75, 3.05) is 7.11 Å². The molecule has 3 aromatic rings. The molecule has 1 unspecified atom stereocenters. The van der Waals surface area contributed by atoms with Crippen LogP contribution in [0.15, 0.2) is 47.8 Å². The molecule has 34 heavy (non-hydrogen) atoms. The highest BCUT2D eigenvalue weighted by Gasteiger charge is 2.31. The molecule has 0 aliphatic heterocycles. The molecule has 1 aliphatic carbocycles. The van der Waals surface area contributed by atoms with Crippen LogP contribution in [0.5, 0.6) is 5.88 Å². The third-order valence-corrected chi connectivity index (χ3v) is 6.92. The third-order valence-electron chi connectivity index (χ3n) is 5.62. The van der Waals surface area contributed by atoms with Crippen LogP contribution >= 0.6 is 0 Å². The smallest absolute Gasteiger partial charge is 0.267 e. The van der Waals surface area contributed by atoms with Crippen molar-refractivity contribution in [2.45, 2.75) is 49.6 Å². The summed E-state index contributed by atoms with van der Waals surface area (Å²) < 4.78 is 48.7. The zero-order valence-corrected chi connectivity index (χ0v) is 19.7. The quantitative estimate of drug-likeness (QED) is 0.499. The zero-order chi connectivity index (χ0) is 24.6. The molecule has 0 saturated heterocycles. The number of halogens is 1. The number of sulfonamides is 1. The average Bonchev–Trinajstić information content (AvgIpc) is 3.53. The minimum absolute atomic E-state index is 0.103. The van der Waals surface area contributed by atoms with Gasteiger partial charge in [-0.1, -0.05) is 13.8 Å². The Kier molecular flexibility index (Phi) is 6.41. The second-order valence-electron chi connectivity index (χ2n) is 8.46. The third kappa shape index (κ3) is 4.80. The van der Waals surface area contributed by atoms with E-state index in [1.807, 2.05) is 4.72 Å². The van der Waals surface area contributed by atoms with Gasteiger partial charge in [0.05, 0.1) is 19.3 Å². The molecule has 1 saturated carbocycles. The number of hydrogen-bond donors (Lipinski definition) is 2. The van der Waals surface area contributed by atoms with E-state index in [0.29, 0.717) is 11.1 Å². The van der Waals surface area contributed by atoms with Gasteiger partial charge in [-0.2, -0.15) is 5.10 Å². The fourth-order valence-corrected chi connectivity index (χ4v) is 4.65. The van der Waals surface area contributed by atoms with Crippen molar-refractivity contribution in [3.8, 4) is 17.0 Å². The van der Waals surface area contributed by atoms with E-state index >= 15 is 0 Å². The van der Waals surface area contributed by atoms with Crippen LogP contribution in [0.4, 0.5) is 4.39 Å². The molecule has 2 N–H and O–H groups in total. The Hall–Kier alpha value is -3.31. The topological polar surface area (TPSA) is 123 Å². The predicted molar refractivity (Wildman–Crippen MR) is 121 cm³/mol. The van der Waals surface area contributed by atoms with Crippen molar-refractivity contribution in [2.24, 2.45) is 0 Å².